The van der Waals surface area contributed by atoms with Crippen molar-refractivity contribution in [1.29, 1.82) is 0 Å². The second kappa shape index (κ2) is 29.6. The van der Waals surface area contributed by atoms with E-state index in [1.54, 1.807) is 0 Å². The second-order valence-corrected chi connectivity index (χ2v) is 11.1. The number of hydrogen-bond acceptors (Lipinski definition) is 6. The predicted molar refractivity (Wildman–Crippen MR) is 161 cm³/mol. The summed E-state index contributed by atoms with van der Waals surface area (Å²) < 4.78 is 10.5. The normalized spacial score (nSPS) is 13.0. The summed E-state index contributed by atoms with van der Waals surface area (Å²) in [6.07, 6.45) is 27.2. The molecule has 0 fully saturated rings. The van der Waals surface area contributed by atoms with E-state index in [-0.39, 0.29) is 31.3 Å². The van der Waals surface area contributed by atoms with E-state index in [2.05, 4.69) is 26.0 Å². The molecular formula is C33H62O6. The van der Waals surface area contributed by atoms with Gasteiger partial charge in [-0.15, -0.1) is 0 Å². The number of unbranched alkanes of at least 4 members (excludes halogenated alkanes) is 16. The molecule has 0 bridgehead atoms. The number of esters is 2. The van der Waals surface area contributed by atoms with Gasteiger partial charge >= 0.3 is 11.9 Å². The highest BCUT2D eigenvalue weighted by molar-refractivity contribution is 5.70. The maximum atomic E-state index is 12.0. The fourth-order valence-corrected chi connectivity index (χ4v) is 4.56. The molecule has 0 aromatic rings. The van der Waals surface area contributed by atoms with Gasteiger partial charge in [0.15, 0.2) is 6.10 Å². The van der Waals surface area contributed by atoms with Crippen LogP contribution in [0.5, 0.6) is 0 Å². The van der Waals surface area contributed by atoms with E-state index in [0.29, 0.717) is 12.8 Å². The molecule has 0 saturated heterocycles. The molecule has 0 heterocycles. The molecule has 0 aliphatic rings. The third kappa shape index (κ3) is 27.9. The number of carbonyl (C=O) groups is 2. The summed E-state index contributed by atoms with van der Waals surface area (Å²) in [4.78, 5) is 24.0. The molecule has 1 unspecified atom stereocenters. The Labute approximate surface area is 240 Å². The van der Waals surface area contributed by atoms with Crippen LogP contribution in [0.3, 0.4) is 0 Å². The van der Waals surface area contributed by atoms with Crippen molar-refractivity contribution in [2.45, 2.75) is 174 Å². The van der Waals surface area contributed by atoms with E-state index >= 15 is 0 Å². The third-order valence-electron chi connectivity index (χ3n) is 7.13. The van der Waals surface area contributed by atoms with Gasteiger partial charge in [0.25, 0.3) is 0 Å². The van der Waals surface area contributed by atoms with E-state index < -0.39 is 6.10 Å². The number of hydrogen-bond donors (Lipinski definition) is 2. The van der Waals surface area contributed by atoms with Gasteiger partial charge in [-0.3, -0.25) is 9.59 Å². The summed E-state index contributed by atoms with van der Waals surface area (Å²) in [5, 5.41) is 19.4. The van der Waals surface area contributed by atoms with E-state index in [4.69, 9.17) is 9.47 Å². The molecule has 2 N–H and O–H groups in total. The van der Waals surface area contributed by atoms with Crippen molar-refractivity contribution in [3.8, 4) is 0 Å². The van der Waals surface area contributed by atoms with Gasteiger partial charge in [-0.2, -0.15) is 0 Å². The van der Waals surface area contributed by atoms with Crippen LogP contribution in [0, 0.1) is 0 Å². The highest BCUT2D eigenvalue weighted by Crippen LogP contribution is 2.13. The number of ether oxygens (including phenoxy) is 2. The number of carbonyl (C=O) groups excluding carboxylic acids is 2. The molecule has 39 heavy (non-hydrogen) atoms. The lowest BCUT2D eigenvalue weighted by Crippen LogP contribution is -2.28. The lowest BCUT2D eigenvalue weighted by Gasteiger charge is -2.15. The highest BCUT2D eigenvalue weighted by Gasteiger charge is 2.16. The highest BCUT2D eigenvalue weighted by atomic mass is 16.6. The standard InChI is InChI=1S/C33H62O6/c1-3-5-7-9-10-11-16-19-23-27-33(37)39-31(28-34)29-38-32(36)26-22-18-15-13-12-14-17-21-25-30(35)24-20-8-6-4-2/h17,21,30-31,34-35H,3-16,18-20,22-29H2,1-2H3/b21-17-/t30-,31?/m1/s1. The Morgan fingerprint density at radius 2 is 1.18 bits per heavy atom. The Morgan fingerprint density at radius 1 is 0.667 bits per heavy atom. The lowest BCUT2D eigenvalue weighted by atomic mass is 10.1. The number of aliphatic hydroxyl groups is 2. The molecular weight excluding hydrogens is 492 g/mol. The van der Waals surface area contributed by atoms with Crippen LogP contribution in [0.2, 0.25) is 0 Å². The quantitative estimate of drug-likeness (QED) is 0.0548. The topological polar surface area (TPSA) is 93.1 Å². The van der Waals surface area contributed by atoms with Crippen LogP contribution in [0.1, 0.15) is 162 Å². The first-order valence-corrected chi connectivity index (χ1v) is 16.3. The molecule has 0 rings (SSSR count). The molecule has 0 aliphatic heterocycles. The molecule has 0 amide bonds. The maximum absolute atomic E-state index is 12.0. The Bertz CT molecular complexity index is 577. The zero-order valence-electron chi connectivity index (χ0n) is 25.5. The van der Waals surface area contributed by atoms with Gasteiger partial charge in [0.05, 0.1) is 12.7 Å². The van der Waals surface area contributed by atoms with Gasteiger partial charge in [-0.25, -0.2) is 0 Å². The minimum atomic E-state index is -0.782. The van der Waals surface area contributed by atoms with Crippen molar-refractivity contribution in [2.75, 3.05) is 13.2 Å². The average molecular weight is 555 g/mol. The van der Waals surface area contributed by atoms with Gasteiger partial charge in [0.2, 0.25) is 0 Å². The Kier molecular flexibility index (Phi) is 28.5. The second-order valence-electron chi connectivity index (χ2n) is 11.1. The predicted octanol–water partition coefficient (Wildman–Crippen LogP) is 8.36. The van der Waals surface area contributed by atoms with Crippen LogP contribution in [0.15, 0.2) is 12.2 Å². The zero-order valence-corrected chi connectivity index (χ0v) is 25.5. The van der Waals surface area contributed by atoms with Crippen molar-refractivity contribution >= 4 is 11.9 Å². The summed E-state index contributed by atoms with van der Waals surface area (Å²) >= 11 is 0. The molecule has 230 valence electrons. The number of allylic oxidation sites excluding steroid dienone is 1. The van der Waals surface area contributed by atoms with Crippen LogP contribution in [-0.2, 0) is 19.1 Å². The minimum Gasteiger partial charge on any atom is -0.462 e. The fraction of sp³-hybridized carbons (Fsp3) is 0.879. The number of rotatable bonds is 29. The zero-order chi connectivity index (χ0) is 28.8. The van der Waals surface area contributed by atoms with Gasteiger partial charge < -0.3 is 19.7 Å². The van der Waals surface area contributed by atoms with Gasteiger partial charge in [-0.1, -0.05) is 122 Å². The Morgan fingerprint density at radius 3 is 1.77 bits per heavy atom. The summed E-state index contributed by atoms with van der Waals surface area (Å²) in [7, 11) is 0. The summed E-state index contributed by atoms with van der Waals surface area (Å²) in [5.74, 6) is -0.638. The first kappa shape index (κ1) is 37.6. The van der Waals surface area contributed by atoms with Crippen molar-refractivity contribution in [2.24, 2.45) is 0 Å². The Hall–Kier alpha value is -1.40. The number of aliphatic hydroxyl groups excluding tert-OH is 2. The van der Waals surface area contributed by atoms with Crippen LogP contribution < -0.4 is 0 Å². The first-order valence-electron chi connectivity index (χ1n) is 16.3. The summed E-state index contributed by atoms with van der Waals surface area (Å²) in [6, 6.07) is 0. The van der Waals surface area contributed by atoms with E-state index in [1.165, 1.54) is 57.8 Å². The molecule has 6 nitrogen and oxygen atoms in total. The van der Waals surface area contributed by atoms with Crippen LogP contribution >= 0.6 is 0 Å². The molecule has 2 atom stereocenters. The maximum Gasteiger partial charge on any atom is 0.306 e. The summed E-state index contributed by atoms with van der Waals surface area (Å²) in [6.45, 7) is 3.99. The van der Waals surface area contributed by atoms with Gasteiger partial charge in [-0.05, 0) is 38.5 Å². The molecule has 0 aromatic heterocycles. The lowest BCUT2D eigenvalue weighted by molar-refractivity contribution is -0.161. The summed E-state index contributed by atoms with van der Waals surface area (Å²) in [5.41, 5.74) is 0. The third-order valence-corrected chi connectivity index (χ3v) is 7.13. The monoisotopic (exact) mass is 554 g/mol. The largest absolute Gasteiger partial charge is 0.462 e. The average Bonchev–Trinajstić information content (AvgIpc) is 2.93. The van der Waals surface area contributed by atoms with E-state index in [1.807, 2.05) is 0 Å². The molecule has 0 saturated carbocycles. The molecule has 0 aliphatic carbocycles. The smallest absolute Gasteiger partial charge is 0.306 e. The van der Waals surface area contributed by atoms with Gasteiger partial charge in [0, 0.05) is 12.8 Å². The fourth-order valence-electron chi connectivity index (χ4n) is 4.56. The molecule has 6 heteroatoms. The van der Waals surface area contributed by atoms with Crippen LogP contribution in [0.25, 0.3) is 0 Å². The first-order chi connectivity index (χ1) is 19.0. The van der Waals surface area contributed by atoms with Crippen LogP contribution in [-0.4, -0.2) is 47.6 Å². The van der Waals surface area contributed by atoms with E-state index in [9.17, 15) is 19.8 Å². The van der Waals surface area contributed by atoms with Crippen molar-refractivity contribution in [1.82, 2.24) is 0 Å². The van der Waals surface area contributed by atoms with Crippen molar-refractivity contribution < 1.29 is 29.3 Å². The minimum absolute atomic E-state index is 0.0847. The molecule has 0 spiro atoms. The molecule has 0 radical (unpaired) electrons. The Balaban J connectivity index is 3.63. The SMILES string of the molecule is CCCCCCCCCCCC(=O)OC(CO)COC(=O)CCCCCCC/C=C\C[C@H](O)CCCCCC. The molecule has 0 aromatic carbocycles. The van der Waals surface area contributed by atoms with Crippen molar-refractivity contribution in [3.63, 3.8) is 0 Å². The van der Waals surface area contributed by atoms with Crippen molar-refractivity contribution in [3.05, 3.63) is 12.2 Å². The van der Waals surface area contributed by atoms with Gasteiger partial charge in [0.1, 0.15) is 6.61 Å². The van der Waals surface area contributed by atoms with E-state index in [0.717, 1.165) is 77.0 Å². The van der Waals surface area contributed by atoms with Crippen LogP contribution in [0.4, 0.5) is 0 Å².